The monoisotopic (exact) mass is 404 g/mol. The van der Waals surface area contributed by atoms with Gasteiger partial charge < -0.3 is 10.2 Å². The average molecular weight is 404 g/mol. The highest BCUT2D eigenvalue weighted by Gasteiger charge is 2.30. The SMILES string of the molecule is CCNC(=NCCS(N)(=O)=O)N1CCC(C)(C)C1.I. The largest absolute Gasteiger partial charge is 0.357 e. The zero-order valence-electron chi connectivity index (χ0n) is 11.8. The van der Waals surface area contributed by atoms with Crippen molar-refractivity contribution in [2.24, 2.45) is 15.5 Å². The van der Waals surface area contributed by atoms with Crippen LogP contribution in [0.15, 0.2) is 4.99 Å². The molecule has 0 aromatic heterocycles. The van der Waals surface area contributed by atoms with Gasteiger partial charge in [-0.2, -0.15) is 0 Å². The van der Waals surface area contributed by atoms with Crippen LogP contribution in [0.1, 0.15) is 27.2 Å². The lowest BCUT2D eigenvalue weighted by Crippen LogP contribution is -2.41. The Kier molecular flexibility index (Phi) is 7.59. The van der Waals surface area contributed by atoms with Gasteiger partial charge in [0.05, 0.1) is 12.3 Å². The first-order valence-electron chi connectivity index (χ1n) is 6.27. The van der Waals surface area contributed by atoms with E-state index in [0.29, 0.717) is 0 Å². The van der Waals surface area contributed by atoms with Crippen molar-refractivity contribution in [1.82, 2.24) is 10.2 Å². The molecule has 0 amide bonds. The van der Waals surface area contributed by atoms with Gasteiger partial charge in [-0.25, -0.2) is 13.6 Å². The second-order valence-corrected chi connectivity index (χ2v) is 7.17. The molecule has 0 aromatic rings. The number of primary sulfonamides is 1. The molecule has 8 heteroatoms. The fraction of sp³-hybridized carbons (Fsp3) is 0.909. The Morgan fingerprint density at radius 1 is 1.47 bits per heavy atom. The topological polar surface area (TPSA) is 87.8 Å². The van der Waals surface area contributed by atoms with E-state index >= 15 is 0 Å². The summed E-state index contributed by atoms with van der Waals surface area (Å²) in [4.78, 5) is 6.49. The molecule has 19 heavy (non-hydrogen) atoms. The van der Waals surface area contributed by atoms with Crippen molar-refractivity contribution in [3.05, 3.63) is 0 Å². The third kappa shape index (κ3) is 7.31. The lowest BCUT2D eigenvalue weighted by Gasteiger charge is -2.23. The number of hydrogen-bond donors (Lipinski definition) is 2. The number of nitrogens with zero attached hydrogens (tertiary/aromatic N) is 2. The van der Waals surface area contributed by atoms with Crippen molar-refractivity contribution in [3.8, 4) is 0 Å². The number of sulfonamides is 1. The van der Waals surface area contributed by atoms with Gasteiger partial charge >= 0.3 is 0 Å². The predicted molar refractivity (Wildman–Crippen MR) is 89.3 cm³/mol. The summed E-state index contributed by atoms with van der Waals surface area (Å²) in [5.41, 5.74) is 0.288. The van der Waals surface area contributed by atoms with Crippen molar-refractivity contribution in [2.45, 2.75) is 27.2 Å². The van der Waals surface area contributed by atoms with Crippen LogP contribution in [0.3, 0.4) is 0 Å². The smallest absolute Gasteiger partial charge is 0.210 e. The molecule has 0 atom stereocenters. The summed E-state index contributed by atoms with van der Waals surface area (Å²) < 4.78 is 21.7. The van der Waals surface area contributed by atoms with E-state index in [1.807, 2.05) is 6.92 Å². The summed E-state index contributed by atoms with van der Waals surface area (Å²) in [6.45, 7) is 9.31. The van der Waals surface area contributed by atoms with Gasteiger partial charge in [0.2, 0.25) is 10.0 Å². The molecule has 1 heterocycles. The first-order valence-corrected chi connectivity index (χ1v) is 7.99. The molecule has 1 rings (SSSR count). The molecular formula is C11H25IN4O2S. The molecule has 0 saturated carbocycles. The lowest BCUT2D eigenvalue weighted by atomic mass is 9.93. The van der Waals surface area contributed by atoms with Crippen LogP contribution >= 0.6 is 24.0 Å². The minimum Gasteiger partial charge on any atom is -0.357 e. The molecule has 1 aliphatic rings. The standard InChI is InChI=1S/C11H24N4O2S.HI/c1-4-13-10(14-6-8-18(12,16)17)15-7-5-11(2,3)9-15;/h4-9H2,1-3H3,(H,13,14)(H2,12,16,17);1H. The Morgan fingerprint density at radius 2 is 2.11 bits per heavy atom. The maximum Gasteiger partial charge on any atom is 0.210 e. The maximum absolute atomic E-state index is 10.9. The fourth-order valence-electron chi connectivity index (χ4n) is 2.00. The molecule has 0 bridgehead atoms. The Balaban J connectivity index is 0.00000324. The Labute approximate surface area is 133 Å². The number of hydrogen-bond acceptors (Lipinski definition) is 3. The molecule has 1 saturated heterocycles. The van der Waals surface area contributed by atoms with Gasteiger partial charge in [-0.3, -0.25) is 4.99 Å². The Bertz CT molecular complexity index is 409. The van der Waals surface area contributed by atoms with Gasteiger partial charge in [-0.05, 0) is 18.8 Å². The van der Waals surface area contributed by atoms with Crippen LogP contribution in [0.4, 0.5) is 0 Å². The first kappa shape index (κ1) is 18.9. The first-order chi connectivity index (χ1) is 8.23. The summed E-state index contributed by atoms with van der Waals surface area (Å²) in [5, 5.41) is 8.15. The normalized spacial score (nSPS) is 19.2. The van der Waals surface area contributed by atoms with Crippen LogP contribution in [0.25, 0.3) is 0 Å². The third-order valence-corrected chi connectivity index (χ3v) is 3.70. The number of nitrogens with two attached hydrogens (primary N) is 1. The zero-order valence-corrected chi connectivity index (χ0v) is 15.0. The van der Waals surface area contributed by atoms with Crippen LogP contribution < -0.4 is 10.5 Å². The predicted octanol–water partition coefficient (Wildman–Crippen LogP) is 0.590. The van der Waals surface area contributed by atoms with E-state index in [9.17, 15) is 8.42 Å². The van der Waals surface area contributed by atoms with Crippen LogP contribution in [0, 0.1) is 5.41 Å². The van der Waals surface area contributed by atoms with E-state index in [2.05, 4.69) is 29.1 Å². The molecule has 0 aliphatic carbocycles. The number of guanidine groups is 1. The van der Waals surface area contributed by atoms with E-state index in [1.54, 1.807) is 0 Å². The second-order valence-electron chi connectivity index (χ2n) is 5.44. The molecule has 1 fully saturated rings. The van der Waals surface area contributed by atoms with Crippen LogP contribution in [-0.2, 0) is 10.0 Å². The molecule has 6 nitrogen and oxygen atoms in total. The van der Waals surface area contributed by atoms with Crippen molar-refractivity contribution in [2.75, 3.05) is 31.9 Å². The van der Waals surface area contributed by atoms with Gasteiger partial charge in [0.15, 0.2) is 5.96 Å². The highest BCUT2D eigenvalue weighted by Crippen LogP contribution is 2.28. The van der Waals surface area contributed by atoms with Gasteiger partial charge in [0.25, 0.3) is 0 Å². The summed E-state index contributed by atoms with van der Waals surface area (Å²) in [5.74, 6) is 0.672. The number of halogens is 1. The van der Waals surface area contributed by atoms with Crippen molar-refractivity contribution in [1.29, 1.82) is 0 Å². The highest BCUT2D eigenvalue weighted by atomic mass is 127. The van der Waals surface area contributed by atoms with E-state index < -0.39 is 10.0 Å². The summed E-state index contributed by atoms with van der Waals surface area (Å²) in [7, 11) is -3.43. The van der Waals surface area contributed by atoms with Crippen molar-refractivity contribution in [3.63, 3.8) is 0 Å². The molecule has 3 N–H and O–H groups in total. The van der Waals surface area contributed by atoms with Gasteiger partial charge in [-0.15, -0.1) is 24.0 Å². The molecule has 0 aromatic carbocycles. The fourth-order valence-corrected chi connectivity index (χ4v) is 2.34. The quantitative estimate of drug-likeness (QED) is 0.408. The van der Waals surface area contributed by atoms with E-state index in [1.165, 1.54) is 0 Å². The third-order valence-electron chi connectivity index (χ3n) is 2.95. The summed E-state index contributed by atoms with van der Waals surface area (Å²) in [6, 6.07) is 0. The van der Waals surface area contributed by atoms with Crippen molar-refractivity contribution >= 4 is 40.0 Å². The van der Waals surface area contributed by atoms with Crippen LogP contribution in [0.5, 0.6) is 0 Å². The molecule has 0 unspecified atom stereocenters. The second kappa shape index (κ2) is 7.63. The minimum atomic E-state index is -3.43. The number of aliphatic imine (C=N–C) groups is 1. The van der Waals surface area contributed by atoms with Crippen molar-refractivity contribution < 1.29 is 8.42 Å². The number of rotatable bonds is 4. The molecule has 1 aliphatic heterocycles. The van der Waals surface area contributed by atoms with Gasteiger partial charge in [-0.1, -0.05) is 13.8 Å². The minimum absolute atomic E-state index is 0. The van der Waals surface area contributed by atoms with E-state index in [4.69, 9.17) is 5.14 Å². The molecular weight excluding hydrogens is 379 g/mol. The average Bonchev–Trinajstić information content (AvgIpc) is 2.56. The summed E-state index contributed by atoms with van der Waals surface area (Å²) >= 11 is 0. The number of nitrogens with one attached hydrogen (secondary N) is 1. The van der Waals surface area contributed by atoms with Gasteiger partial charge in [0.1, 0.15) is 0 Å². The summed E-state index contributed by atoms with van der Waals surface area (Å²) in [6.07, 6.45) is 1.12. The number of likely N-dealkylation sites (tertiary alicyclic amines) is 1. The Morgan fingerprint density at radius 3 is 2.53 bits per heavy atom. The molecule has 0 spiro atoms. The van der Waals surface area contributed by atoms with E-state index in [-0.39, 0.29) is 41.7 Å². The highest BCUT2D eigenvalue weighted by molar-refractivity contribution is 14.0. The molecule has 0 radical (unpaired) electrons. The van der Waals surface area contributed by atoms with Crippen LogP contribution in [0.2, 0.25) is 0 Å². The lowest BCUT2D eigenvalue weighted by molar-refractivity contribution is 0.370. The van der Waals surface area contributed by atoms with E-state index in [0.717, 1.165) is 32.0 Å². The van der Waals surface area contributed by atoms with Gasteiger partial charge in [0, 0.05) is 19.6 Å². The Hall–Kier alpha value is -0.0900. The maximum atomic E-state index is 10.9. The zero-order chi connectivity index (χ0) is 13.8. The molecule has 114 valence electrons. The van der Waals surface area contributed by atoms with Crippen LogP contribution in [-0.4, -0.2) is 51.2 Å².